The van der Waals surface area contributed by atoms with Crippen molar-refractivity contribution in [1.29, 1.82) is 0 Å². The number of rotatable bonds is 9. The molecule has 1 saturated carbocycles. The highest BCUT2D eigenvalue weighted by atomic mass is 32.1. The molecule has 202 valence electrons. The van der Waals surface area contributed by atoms with Gasteiger partial charge in [-0.15, -0.1) is 0 Å². The van der Waals surface area contributed by atoms with Crippen LogP contribution >= 0.6 is 12.2 Å². The molecule has 2 heterocycles. The molecule has 2 aliphatic heterocycles. The summed E-state index contributed by atoms with van der Waals surface area (Å²) in [6.45, 7) is 2.02. The third kappa shape index (κ3) is 6.21. The van der Waals surface area contributed by atoms with Gasteiger partial charge in [0.05, 0.1) is 30.4 Å². The molecule has 0 aromatic heterocycles. The molecular formula is C27H30F2N4O4S. The number of nitrogens with zero attached hydrogens (tertiary/aromatic N) is 3. The Bertz CT molecular complexity index is 1170. The van der Waals surface area contributed by atoms with Gasteiger partial charge in [0.2, 0.25) is 5.91 Å². The Balaban J connectivity index is 1.13. The number of hydrogen-bond acceptors (Lipinski definition) is 6. The first-order valence-electron chi connectivity index (χ1n) is 12.8. The molecule has 1 aliphatic carbocycles. The van der Waals surface area contributed by atoms with E-state index in [4.69, 9.17) is 21.7 Å². The van der Waals surface area contributed by atoms with Crippen molar-refractivity contribution in [2.75, 3.05) is 55.7 Å². The van der Waals surface area contributed by atoms with Gasteiger partial charge in [-0.3, -0.25) is 9.69 Å². The highest BCUT2D eigenvalue weighted by Gasteiger charge is 2.35. The Morgan fingerprint density at radius 3 is 2.42 bits per heavy atom. The van der Waals surface area contributed by atoms with Crippen LogP contribution in [-0.2, 0) is 20.9 Å². The maximum Gasteiger partial charge on any atom is 0.414 e. The van der Waals surface area contributed by atoms with Crippen molar-refractivity contribution < 1.29 is 27.8 Å². The van der Waals surface area contributed by atoms with E-state index in [9.17, 15) is 9.59 Å². The minimum atomic E-state index is -0.768. The van der Waals surface area contributed by atoms with Gasteiger partial charge in [-0.25, -0.2) is 13.6 Å². The molecule has 1 atom stereocenters. The van der Waals surface area contributed by atoms with Gasteiger partial charge < -0.3 is 24.6 Å². The average Bonchev–Trinajstić information content (AvgIpc) is 3.70. The normalized spacial score (nSPS) is 19.5. The molecule has 3 aliphatic rings. The van der Waals surface area contributed by atoms with Gasteiger partial charge in [0, 0.05) is 44.2 Å². The van der Waals surface area contributed by atoms with E-state index >= 15 is 8.78 Å². The van der Waals surface area contributed by atoms with Gasteiger partial charge in [0.1, 0.15) is 18.4 Å². The second-order valence-electron chi connectivity index (χ2n) is 9.74. The van der Waals surface area contributed by atoms with Crippen molar-refractivity contribution in [3.8, 4) is 0 Å². The van der Waals surface area contributed by atoms with E-state index in [0.717, 1.165) is 35.5 Å². The van der Waals surface area contributed by atoms with Crippen LogP contribution in [0.3, 0.4) is 0 Å². The number of nitrogens with one attached hydrogen (secondary N) is 1. The molecule has 5 rings (SSSR count). The molecule has 0 bridgehead atoms. The number of cyclic esters (lactones) is 1. The molecule has 11 heteroatoms. The molecule has 0 radical (unpaired) electrons. The predicted molar refractivity (Wildman–Crippen MR) is 142 cm³/mol. The lowest BCUT2D eigenvalue weighted by molar-refractivity contribution is -0.136. The van der Waals surface area contributed by atoms with Crippen molar-refractivity contribution in [1.82, 2.24) is 10.2 Å². The number of piperazine rings is 1. The van der Waals surface area contributed by atoms with E-state index in [-0.39, 0.29) is 43.5 Å². The van der Waals surface area contributed by atoms with Gasteiger partial charge in [-0.05, 0) is 18.4 Å². The van der Waals surface area contributed by atoms with Crippen LogP contribution in [-0.4, -0.2) is 73.9 Å². The van der Waals surface area contributed by atoms with E-state index in [0.29, 0.717) is 32.2 Å². The minimum absolute atomic E-state index is 0.0544. The van der Waals surface area contributed by atoms with Gasteiger partial charge in [-0.2, -0.15) is 0 Å². The first-order chi connectivity index (χ1) is 18.4. The van der Waals surface area contributed by atoms with Crippen molar-refractivity contribution in [3.05, 3.63) is 59.7 Å². The monoisotopic (exact) mass is 544 g/mol. The predicted octanol–water partition coefficient (Wildman–Crippen LogP) is 3.48. The number of amides is 2. The summed E-state index contributed by atoms with van der Waals surface area (Å²) < 4.78 is 41.1. The average molecular weight is 545 g/mol. The number of thiocarbonyl (C=S) groups is 1. The fourth-order valence-electron chi connectivity index (χ4n) is 4.65. The van der Waals surface area contributed by atoms with Crippen LogP contribution < -0.4 is 15.1 Å². The van der Waals surface area contributed by atoms with Gasteiger partial charge in [0.15, 0.2) is 11.6 Å². The molecule has 2 aromatic carbocycles. The fourth-order valence-corrected chi connectivity index (χ4v) is 4.97. The van der Waals surface area contributed by atoms with Crippen LogP contribution in [0.15, 0.2) is 42.5 Å². The number of carbonyl (C=O) groups excluding carboxylic acids is 2. The van der Waals surface area contributed by atoms with Crippen molar-refractivity contribution in [2.24, 2.45) is 5.92 Å². The van der Waals surface area contributed by atoms with Crippen LogP contribution in [0.5, 0.6) is 0 Å². The van der Waals surface area contributed by atoms with Crippen molar-refractivity contribution in [2.45, 2.75) is 25.6 Å². The molecule has 38 heavy (non-hydrogen) atoms. The molecule has 8 nitrogen and oxygen atoms in total. The summed E-state index contributed by atoms with van der Waals surface area (Å²) in [7, 11) is 0. The highest BCUT2D eigenvalue weighted by Crippen LogP contribution is 2.32. The highest BCUT2D eigenvalue weighted by molar-refractivity contribution is 7.80. The molecule has 1 N–H and O–H groups in total. The standard InChI is InChI=1S/C27H30F2N4O4S/c28-22-12-20(33-15-21(37-27(33)35)14-30-26(38)19-6-7-19)13-23(29)25(22)32-10-8-31(9-11-32)24(34)17-36-16-18-4-2-1-3-5-18/h1-5,12-13,19,21H,6-11,14-17H2,(H,30,38). The summed E-state index contributed by atoms with van der Waals surface area (Å²) in [5.74, 6) is -1.29. The van der Waals surface area contributed by atoms with Gasteiger partial charge in [-0.1, -0.05) is 42.5 Å². The van der Waals surface area contributed by atoms with E-state index < -0.39 is 23.8 Å². The smallest absolute Gasteiger partial charge is 0.414 e. The molecule has 1 unspecified atom stereocenters. The number of ether oxygens (including phenoxy) is 2. The Hall–Kier alpha value is -3.31. The maximum atomic E-state index is 15.1. The Morgan fingerprint density at radius 1 is 1.08 bits per heavy atom. The number of halogens is 2. The molecule has 0 spiro atoms. The Kier molecular flexibility index (Phi) is 8.04. The number of carbonyl (C=O) groups is 2. The molecule has 2 amide bonds. The summed E-state index contributed by atoms with van der Waals surface area (Å²) in [6.07, 6.45) is 1.03. The number of benzene rings is 2. The SMILES string of the molecule is O=C(COCc1ccccc1)N1CCN(c2c(F)cc(N3CC(CNC(=S)C4CC4)OC3=O)cc2F)CC1. The Morgan fingerprint density at radius 2 is 1.76 bits per heavy atom. The van der Waals surface area contributed by atoms with E-state index in [1.807, 2.05) is 30.3 Å². The number of anilines is 2. The van der Waals surface area contributed by atoms with E-state index in [1.54, 1.807) is 9.80 Å². The lowest BCUT2D eigenvalue weighted by Gasteiger charge is -2.36. The van der Waals surface area contributed by atoms with E-state index in [2.05, 4.69) is 5.32 Å². The summed E-state index contributed by atoms with van der Waals surface area (Å²) in [5, 5.41) is 3.12. The topological polar surface area (TPSA) is 74.3 Å². The molecular weight excluding hydrogens is 514 g/mol. The molecule has 2 saturated heterocycles. The number of hydrogen-bond donors (Lipinski definition) is 1. The minimum Gasteiger partial charge on any atom is -0.442 e. The first kappa shape index (κ1) is 26.3. The second kappa shape index (κ2) is 11.6. The van der Waals surface area contributed by atoms with Crippen LogP contribution in [0, 0.1) is 17.6 Å². The summed E-state index contributed by atoms with van der Waals surface area (Å²) in [5.41, 5.74) is 0.915. The van der Waals surface area contributed by atoms with Crippen LogP contribution in [0.4, 0.5) is 25.0 Å². The van der Waals surface area contributed by atoms with Gasteiger partial charge in [0.25, 0.3) is 0 Å². The third-order valence-electron chi connectivity index (χ3n) is 6.93. The van der Waals surface area contributed by atoms with E-state index in [1.165, 1.54) is 4.90 Å². The summed E-state index contributed by atoms with van der Waals surface area (Å²) >= 11 is 5.30. The van der Waals surface area contributed by atoms with Crippen LogP contribution in [0.1, 0.15) is 18.4 Å². The van der Waals surface area contributed by atoms with Crippen LogP contribution in [0.2, 0.25) is 0 Å². The van der Waals surface area contributed by atoms with Gasteiger partial charge >= 0.3 is 6.09 Å². The lowest BCUT2D eigenvalue weighted by Crippen LogP contribution is -2.50. The third-order valence-corrected chi connectivity index (χ3v) is 7.40. The molecule has 3 fully saturated rings. The lowest BCUT2D eigenvalue weighted by atomic mass is 10.2. The zero-order valence-electron chi connectivity index (χ0n) is 20.9. The van der Waals surface area contributed by atoms with Crippen molar-refractivity contribution >= 4 is 40.6 Å². The fraction of sp³-hybridized carbons (Fsp3) is 0.444. The van der Waals surface area contributed by atoms with Crippen molar-refractivity contribution in [3.63, 3.8) is 0 Å². The second-order valence-corrected chi connectivity index (χ2v) is 10.2. The zero-order chi connectivity index (χ0) is 26.6. The summed E-state index contributed by atoms with van der Waals surface area (Å²) in [6, 6.07) is 11.9. The maximum absolute atomic E-state index is 15.1. The quantitative estimate of drug-likeness (QED) is 0.485. The zero-order valence-corrected chi connectivity index (χ0v) is 21.7. The van der Waals surface area contributed by atoms with Crippen LogP contribution in [0.25, 0.3) is 0 Å². The molecule has 2 aromatic rings. The summed E-state index contributed by atoms with van der Waals surface area (Å²) in [4.78, 5) is 30.1. The largest absolute Gasteiger partial charge is 0.442 e. The Labute approximate surface area is 225 Å². The first-order valence-corrected chi connectivity index (χ1v) is 13.2.